The van der Waals surface area contributed by atoms with Crippen molar-refractivity contribution < 1.29 is 14.6 Å². The van der Waals surface area contributed by atoms with Gasteiger partial charge in [0, 0.05) is 6.54 Å². The van der Waals surface area contributed by atoms with E-state index in [9.17, 15) is 9.90 Å². The Morgan fingerprint density at radius 3 is 2.52 bits per heavy atom. The molecule has 21 heavy (non-hydrogen) atoms. The second kappa shape index (κ2) is 6.80. The van der Waals surface area contributed by atoms with Crippen LogP contribution >= 0.6 is 0 Å². The molecule has 2 unspecified atom stereocenters. The fraction of sp³-hybridized carbons (Fsp3) is 0.714. The van der Waals surface area contributed by atoms with Crippen LogP contribution in [0.1, 0.15) is 32.2 Å². The van der Waals surface area contributed by atoms with E-state index in [2.05, 4.69) is 15.2 Å². The van der Waals surface area contributed by atoms with Gasteiger partial charge >= 0.3 is 5.97 Å². The van der Waals surface area contributed by atoms with Gasteiger partial charge in [-0.25, -0.2) is 4.98 Å². The van der Waals surface area contributed by atoms with Crippen molar-refractivity contribution in [3.05, 3.63) is 11.4 Å². The number of nitrogens with zero attached hydrogens (tertiary/aromatic N) is 4. The summed E-state index contributed by atoms with van der Waals surface area (Å²) in [6.07, 6.45) is 1.58. The maximum atomic E-state index is 11.3. The van der Waals surface area contributed by atoms with E-state index in [0.717, 1.165) is 24.2 Å². The zero-order valence-corrected chi connectivity index (χ0v) is 12.7. The maximum absolute atomic E-state index is 11.3. The highest BCUT2D eigenvalue weighted by molar-refractivity contribution is 5.72. The van der Waals surface area contributed by atoms with Gasteiger partial charge in [0.2, 0.25) is 5.95 Å². The zero-order valence-electron chi connectivity index (χ0n) is 12.7. The number of carbonyl (C=O) groups is 1. The molecule has 2 rings (SSSR count). The molecule has 0 saturated carbocycles. The van der Waals surface area contributed by atoms with Crippen LogP contribution in [-0.2, 0) is 22.4 Å². The van der Waals surface area contributed by atoms with Gasteiger partial charge in [-0.1, -0.05) is 13.8 Å². The Morgan fingerprint density at radius 1 is 1.24 bits per heavy atom. The number of hydrogen-bond acceptors (Lipinski definition) is 6. The van der Waals surface area contributed by atoms with Crippen LogP contribution in [-0.4, -0.2) is 52.1 Å². The molecular weight excluding hydrogens is 272 g/mol. The van der Waals surface area contributed by atoms with Crippen LogP contribution in [0.15, 0.2) is 0 Å². The molecule has 116 valence electrons. The first kappa shape index (κ1) is 15.6. The first-order valence-corrected chi connectivity index (χ1v) is 7.41. The van der Waals surface area contributed by atoms with Crippen LogP contribution in [0.3, 0.4) is 0 Å². The van der Waals surface area contributed by atoms with Gasteiger partial charge in [-0.15, -0.1) is 5.10 Å². The minimum atomic E-state index is -0.843. The van der Waals surface area contributed by atoms with Crippen LogP contribution in [0.25, 0.3) is 0 Å². The Bertz CT molecular complexity index is 509. The van der Waals surface area contributed by atoms with Crippen LogP contribution in [0.5, 0.6) is 0 Å². The SMILES string of the molecule is CCc1nnc(N(CC)C2COCC2C(=O)O)nc1CC. The second-order valence-corrected chi connectivity index (χ2v) is 5.05. The van der Waals surface area contributed by atoms with Gasteiger partial charge in [0.15, 0.2) is 0 Å². The molecule has 1 aromatic rings. The first-order valence-electron chi connectivity index (χ1n) is 7.41. The molecule has 0 amide bonds. The molecule has 0 radical (unpaired) electrons. The van der Waals surface area contributed by atoms with Gasteiger partial charge in [-0.2, -0.15) is 5.10 Å². The van der Waals surface area contributed by atoms with E-state index in [1.807, 2.05) is 25.7 Å². The molecule has 2 atom stereocenters. The topological polar surface area (TPSA) is 88.4 Å². The highest BCUT2D eigenvalue weighted by atomic mass is 16.5. The Kier molecular flexibility index (Phi) is 5.06. The molecule has 0 aromatic carbocycles. The van der Waals surface area contributed by atoms with Gasteiger partial charge in [-0.3, -0.25) is 4.79 Å². The lowest BCUT2D eigenvalue weighted by Crippen LogP contribution is -2.44. The molecule has 1 aliphatic heterocycles. The number of hydrogen-bond donors (Lipinski definition) is 1. The fourth-order valence-corrected chi connectivity index (χ4v) is 2.66. The lowest BCUT2D eigenvalue weighted by atomic mass is 10.0. The van der Waals surface area contributed by atoms with Crippen molar-refractivity contribution in [1.82, 2.24) is 15.2 Å². The quantitative estimate of drug-likeness (QED) is 0.834. The predicted octanol–water partition coefficient (Wildman–Crippen LogP) is 0.922. The zero-order chi connectivity index (χ0) is 15.4. The number of rotatable bonds is 6. The van der Waals surface area contributed by atoms with Gasteiger partial charge in [0.25, 0.3) is 0 Å². The van der Waals surface area contributed by atoms with Crippen molar-refractivity contribution in [3.8, 4) is 0 Å². The van der Waals surface area contributed by atoms with Gasteiger partial charge in [0.1, 0.15) is 5.92 Å². The first-order chi connectivity index (χ1) is 10.1. The third-order valence-corrected chi connectivity index (χ3v) is 3.86. The van der Waals surface area contributed by atoms with E-state index in [4.69, 9.17) is 4.74 Å². The van der Waals surface area contributed by atoms with E-state index in [-0.39, 0.29) is 12.6 Å². The molecule has 1 N–H and O–H groups in total. The van der Waals surface area contributed by atoms with E-state index < -0.39 is 11.9 Å². The normalized spacial score (nSPS) is 21.5. The molecule has 7 heteroatoms. The minimum Gasteiger partial charge on any atom is -0.481 e. The lowest BCUT2D eigenvalue weighted by Gasteiger charge is -2.29. The molecule has 7 nitrogen and oxygen atoms in total. The third-order valence-electron chi connectivity index (χ3n) is 3.86. The largest absolute Gasteiger partial charge is 0.481 e. The van der Waals surface area contributed by atoms with Crippen molar-refractivity contribution in [2.45, 2.75) is 39.7 Å². The monoisotopic (exact) mass is 294 g/mol. The van der Waals surface area contributed by atoms with Crippen LogP contribution in [0, 0.1) is 5.92 Å². The molecule has 1 aliphatic rings. The standard InChI is InChI=1S/C14H22N4O3/c1-4-10-11(5-2)16-17-14(15-10)18(6-3)12-8-21-7-9(12)13(19)20/h9,12H,4-8H2,1-3H3,(H,19,20). The third kappa shape index (κ3) is 3.12. The summed E-state index contributed by atoms with van der Waals surface area (Å²) in [4.78, 5) is 17.8. The summed E-state index contributed by atoms with van der Waals surface area (Å²) in [5, 5.41) is 17.7. The van der Waals surface area contributed by atoms with E-state index in [0.29, 0.717) is 19.1 Å². The average Bonchev–Trinajstić information content (AvgIpc) is 2.97. The summed E-state index contributed by atoms with van der Waals surface area (Å²) in [6, 6.07) is -0.244. The van der Waals surface area contributed by atoms with Crippen LogP contribution < -0.4 is 4.90 Å². The molecule has 0 spiro atoms. The van der Waals surface area contributed by atoms with E-state index in [1.54, 1.807) is 0 Å². The lowest BCUT2D eigenvalue weighted by molar-refractivity contribution is -0.141. The Hall–Kier alpha value is -1.76. The Labute approximate surface area is 124 Å². The molecule has 0 aliphatic carbocycles. The fourth-order valence-electron chi connectivity index (χ4n) is 2.66. The highest BCUT2D eigenvalue weighted by Gasteiger charge is 2.38. The van der Waals surface area contributed by atoms with Crippen molar-refractivity contribution >= 4 is 11.9 Å². The van der Waals surface area contributed by atoms with E-state index in [1.165, 1.54) is 0 Å². The molecule has 1 aromatic heterocycles. The van der Waals surface area contributed by atoms with E-state index >= 15 is 0 Å². The van der Waals surface area contributed by atoms with Crippen LogP contribution in [0.4, 0.5) is 5.95 Å². The molecular formula is C14H22N4O3. The summed E-state index contributed by atoms with van der Waals surface area (Å²) < 4.78 is 5.34. The summed E-state index contributed by atoms with van der Waals surface area (Å²) in [6.45, 7) is 7.24. The van der Waals surface area contributed by atoms with Gasteiger partial charge < -0.3 is 14.7 Å². The predicted molar refractivity (Wildman–Crippen MR) is 77.3 cm³/mol. The average molecular weight is 294 g/mol. The molecule has 1 saturated heterocycles. The second-order valence-electron chi connectivity index (χ2n) is 5.05. The number of aromatic nitrogens is 3. The molecule has 1 fully saturated rings. The van der Waals surface area contributed by atoms with Crippen LogP contribution in [0.2, 0.25) is 0 Å². The van der Waals surface area contributed by atoms with Crippen molar-refractivity contribution in [2.75, 3.05) is 24.7 Å². The maximum Gasteiger partial charge on any atom is 0.311 e. The van der Waals surface area contributed by atoms with Crippen molar-refractivity contribution in [1.29, 1.82) is 0 Å². The molecule has 0 bridgehead atoms. The van der Waals surface area contributed by atoms with Crippen molar-refractivity contribution in [2.24, 2.45) is 5.92 Å². The summed E-state index contributed by atoms with van der Waals surface area (Å²) >= 11 is 0. The smallest absolute Gasteiger partial charge is 0.311 e. The van der Waals surface area contributed by atoms with Gasteiger partial charge in [0.05, 0.1) is 30.6 Å². The highest BCUT2D eigenvalue weighted by Crippen LogP contribution is 2.23. The Morgan fingerprint density at radius 2 is 1.95 bits per heavy atom. The number of likely N-dealkylation sites (N-methyl/N-ethyl adjacent to an activating group) is 1. The summed E-state index contributed by atoms with van der Waals surface area (Å²) in [5.74, 6) is -0.900. The summed E-state index contributed by atoms with van der Waals surface area (Å²) in [7, 11) is 0. The number of carboxylic acids is 1. The minimum absolute atomic E-state index is 0.234. The Balaban J connectivity index is 2.31. The summed E-state index contributed by atoms with van der Waals surface area (Å²) in [5.41, 5.74) is 1.82. The van der Waals surface area contributed by atoms with Gasteiger partial charge in [-0.05, 0) is 19.8 Å². The number of ether oxygens (including phenoxy) is 1. The number of carboxylic acid groups (broad SMARTS) is 1. The molecule has 2 heterocycles. The number of anilines is 1. The number of aryl methyl sites for hydroxylation is 2. The van der Waals surface area contributed by atoms with Crippen molar-refractivity contribution in [3.63, 3.8) is 0 Å². The number of aliphatic carboxylic acids is 1.